The molecule has 0 atom stereocenters. The van der Waals surface area contributed by atoms with Gasteiger partial charge in [0.25, 0.3) is 5.91 Å². The van der Waals surface area contributed by atoms with E-state index in [0.29, 0.717) is 36.2 Å². The molecule has 0 N–H and O–H groups in total. The van der Waals surface area contributed by atoms with E-state index >= 15 is 0 Å². The van der Waals surface area contributed by atoms with Gasteiger partial charge < -0.3 is 9.64 Å². The minimum Gasteiger partial charge on any atom is -0.491 e. The van der Waals surface area contributed by atoms with Crippen molar-refractivity contribution in [1.29, 1.82) is 0 Å². The summed E-state index contributed by atoms with van der Waals surface area (Å²) in [7, 11) is 0. The van der Waals surface area contributed by atoms with E-state index in [2.05, 4.69) is 9.88 Å². The van der Waals surface area contributed by atoms with Crippen LogP contribution in [0.4, 0.5) is 0 Å². The van der Waals surface area contributed by atoms with Crippen LogP contribution in [-0.2, 0) is 0 Å². The molecule has 1 aliphatic rings. The lowest BCUT2D eigenvalue weighted by molar-refractivity contribution is 0.0614. The Balaban J connectivity index is 1.44. The molecule has 132 valence electrons. The fourth-order valence-corrected chi connectivity index (χ4v) is 3.04. The minimum absolute atomic E-state index is 0.00988. The summed E-state index contributed by atoms with van der Waals surface area (Å²) >= 11 is 6.08. The van der Waals surface area contributed by atoms with Gasteiger partial charge in [0, 0.05) is 38.4 Å². The highest BCUT2D eigenvalue weighted by molar-refractivity contribution is 6.32. The number of ether oxygens (including phenoxy) is 1. The largest absolute Gasteiger partial charge is 0.491 e. The molecule has 0 saturated carbocycles. The van der Waals surface area contributed by atoms with E-state index in [9.17, 15) is 4.79 Å². The van der Waals surface area contributed by atoms with Crippen molar-refractivity contribution in [1.82, 2.24) is 14.8 Å². The van der Waals surface area contributed by atoms with Crippen LogP contribution in [-0.4, -0.2) is 60.0 Å². The Hall–Kier alpha value is -2.11. The van der Waals surface area contributed by atoms with Crippen LogP contribution in [0.15, 0.2) is 42.5 Å². The zero-order valence-corrected chi connectivity index (χ0v) is 15.1. The highest BCUT2D eigenvalue weighted by Crippen LogP contribution is 2.22. The van der Waals surface area contributed by atoms with Crippen LogP contribution in [0.2, 0.25) is 5.02 Å². The number of carbonyl (C=O) groups excluding carboxylic acids is 1. The number of rotatable bonds is 5. The second-order valence-corrected chi connectivity index (χ2v) is 6.48. The number of para-hydroxylation sites is 1. The minimum atomic E-state index is 0.00988. The number of benzene rings is 1. The van der Waals surface area contributed by atoms with Gasteiger partial charge in [-0.25, -0.2) is 4.98 Å². The Morgan fingerprint density at radius 2 is 1.88 bits per heavy atom. The molecule has 2 aromatic rings. The molecular formula is C19H22ClN3O2. The predicted molar refractivity (Wildman–Crippen MR) is 98.3 cm³/mol. The number of aryl methyl sites for hydroxylation is 1. The summed E-state index contributed by atoms with van der Waals surface area (Å²) in [6, 6.07) is 13.0. The van der Waals surface area contributed by atoms with Crippen LogP contribution in [0.3, 0.4) is 0 Å². The molecule has 1 fully saturated rings. The summed E-state index contributed by atoms with van der Waals surface area (Å²) in [5.74, 6) is 0.721. The van der Waals surface area contributed by atoms with Gasteiger partial charge in [0.2, 0.25) is 0 Å². The fraction of sp³-hybridized carbons (Fsp3) is 0.368. The van der Waals surface area contributed by atoms with E-state index in [-0.39, 0.29) is 5.91 Å². The molecule has 3 rings (SSSR count). The number of halogens is 1. The number of amides is 1. The van der Waals surface area contributed by atoms with E-state index < -0.39 is 0 Å². The Morgan fingerprint density at radius 3 is 2.60 bits per heavy atom. The highest BCUT2D eigenvalue weighted by Gasteiger charge is 2.22. The lowest BCUT2D eigenvalue weighted by Crippen LogP contribution is -2.49. The van der Waals surface area contributed by atoms with Crippen molar-refractivity contribution >= 4 is 17.5 Å². The SMILES string of the molecule is Cc1cccc(C(=O)N2CCN(CCOc3ccccc3Cl)CC2)n1. The molecule has 0 spiro atoms. The Morgan fingerprint density at radius 1 is 1.12 bits per heavy atom. The van der Waals surface area contributed by atoms with Gasteiger partial charge in [0.15, 0.2) is 0 Å². The molecule has 0 radical (unpaired) electrons. The van der Waals surface area contributed by atoms with Crippen LogP contribution >= 0.6 is 11.6 Å². The number of hydrogen-bond donors (Lipinski definition) is 0. The summed E-state index contributed by atoms with van der Waals surface area (Å²) in [4.78, 5) is 21.0. The number of pyridine rings is 1. The normalized spacial score (nSPS) is 15.2. The number of hydrogen-bond acceptors (Lipinski definition) is 4. The van der Waals surface area contributed by atoms with E-state index in [0.717, 1.165) is 25.3 Å². The quantitative estimate of drug-likeness (QED) is 0.823. The highest BCUT2D eigenvalue weighted by atomic mass is 35.5. The van der Waals surface area contributed by atoms with E-state index in [1.54, 1.807) is 6.07 Å². The van der Waals surface area contributed by atoms with Crippen LogP contribution in [0.1, 0.15) is 16.2 Å². The van der Waals surface area contributed by atoms with Crippen molar-refractivity contribution in [2.45, 2.75) is 6.92 Å². The Kier molecular flexibility index (Phi) is 5.89. The average Bonchev–Trinajstić information content (AvgIpc) is 2.63. The third-order valence-electron chi connectivity index (χ3n) is 4.27. The van der Waals surface area contributed by atoms with Crippen LogP contribution in [0, 0.1) is 6.92 Å². The lowest BCUT2D eigenvalue weighted by Gasteiger charge is -2.34. The first kappa shape index (κ1) is 17.7. The van der Waals surface area contributed by atoms with Gasteiger partial charge in [-0.1, -0.05) is 29.8 Å². The van der Waals surface area contributed by atoms with Crippen molar-refractivity contribution < 1.29 is 9.53 Å². The third-order valence-corrected chi connectivity index (χ3v) is 4.58. The molecule has 0 aliphatic carbocycles. The molecule has 5 nitrogen and oxygen atoms in total. The zero-order chi connectivity index (χ0) is 17.6. The molecule has 1 aromatic heterocycles. The van der Waals surface area contributed by atoms with E-state index in [4.69, 9.17) is 16.3 Å². The average molecular weight is 360 g/mol. The number of piperazine rings is 1. The van der Waals surface area contributed by atoms with Gasteiger partial charge in [-0.3, -0.25) is 9.69 Å². The Labute approximate surface area is 153 Å². The van der Waals surface area contributed by atoms with Crippen LogP contribution < -0.4 is 4.74 Å². The summed E-state index contributed by atoms with van der Waals surface area (Å²) in [6.45, 7) is 6.38. The van der Waals surface area contributed by atoms with Gasteiger partial charge >= 0.3 is 0 Å². The molecule has 1 aromatic carbocycles. The maximum Gasteiger partial charge on any atom is 0.272 e. The number of aromatic nitrogens is 1. The first-order valence-corrected chi connectivity index (χ1v) is 8.84. The van der Waals surface area contributed by atoms with Crippen molar-refractivity contribution in [3.8, 4) is 5.75 Å². The summed E-state index contributed by atoms with van der Waals surface area (Å²) in [6.07, 6.45) is 0. The van der Waals surface area contributed by atoms with Crippen molar-refractivity contribution in [2.75, 3.05) is 39.3 Å². The van der Waals surface area contributed by atoms with Gasteiger partial charge in [-0.05, 0) is 31.2 Å². The summed E-state index contributed by atoms with van der Waals surface area (Å²) < 4.78 is 5.73. The smallest absolute Gasteiger partial charge is 0.272 e. The number of carbonyl (C=O) groups is 1. The Bertz CT molecular complexity index is 730. The van der Waals surface area contributed by atoms with Crippen molar-refractivity contribution in [3.05, 3.63) is 58.9 Å². The van der Waals surface area contributed by atoms with Gasteiger partial charge in [-0.2, -0.15) is 0 Å². The molecular weight excluding hydrogens is 338 g/mol. The van der Waals surface area contributed by atoms with Gasteiger partial charge in [0.1, 0.15) is 18.1 Å². The fourth-order valence-electron chi connectivity index (χ4n) is 2.85. The summed E-state index contributed by atoms with van der Waals surface area (Å²) in [5, 5.41) is 0.628. The van der Waals surface area contributed by atoms with Gasteiger partial charge in [0.05, 0.1) is 5.02 Å². The standard InChI is InChI=1S/C19H22ClN3O2/c1-15-5-4-7-17(21-15)19(24)23-11-9-22(10-12-23)13-14-25-18-8-3-2-6-16(18)20/h2-8H,9-14H2,1H3. The molecule has 6 heteroatoms. The molecule has 0 bridgehead atoms. The maximum atomic E-state index is 12.5. The van der Waals surface area contributed by atoms with Crippen LogP contribution in [0.25, 0.3) is 0 Å². The molecule has 1 saturated heterocycles. The molecule has 2 heterocycles. The first-order chi connectivity index (χ1) is 12.1. The summed E-state index contributed by atoms with van der Waals surface area (Å²) in [5.41, 5.74) is 1.39. The van der Waals surface area contributed by atoms with Crippen molar-refractivity contribution in [3.63, 3.8) is 0 Å². The molecule has 1 aliphatic heterocycles. The second kappa shape index (κ2) is 8.32. The maximum absolute atomic E-state index is 12.5. The van der Waals surface area contributed by atoms with E-state index in [1.165, 1.54) is 0 Å². The second-order valence-electron chi connectivity index (χ2n) is 6.08. The monoisotopic (exact) mass is 359 g/mol. The third kappa shape index (κ3) is 4.71. The van der Waals surface area contributed by atoms with Crippen LogP contribution in [0.5, 0.6) is 5.75 Å². The first-order valence-electron chi connectivity index (χ1n) is 8.46. The lowest BCUT2D eigenvalue weighted by atomic mass is 10.2. The van der Waals surface area contributed by atoms with Crippen molar-refractivity contribution in [2.24, 2.45) is 0 Å². The molecule has 25 heavy (non-hydrogen) atoms. The van der Waals surface area contributed by atoms with E-state index in [1.807, 2.05) is 48.2 Å². The number of nitrogens with zero attached hydrogens (tertiary/aromatic N) is 3. The predicted octanol–water partition coefficient (Wildman–Crippen LogP) is 2.88. The molecule has 0 unspecified atom stereocenters. The van der Waals surface area contributed by atoms with Gasteiger partial charge in [-0.15, -0.1) is 0 Å². The molecule has 1 amide bonds. The zero-order valence-electron chi connectivity index (χ0n) is 14.3. The topological polar surface area (TPSA) is 45.7 Å².